The Morgan fingerprint density at radius 3 is 2.48 bits per heavy atom. The fourth-order valence-corrected chi connectivity index (χ4v) is 2.57. The molecule has 0 bridgehead atoms. The molecule has 25 heavy (non-hydrogen) atoms. The molecule has 3 aromatic rings. The zero-order valence-electron chi connectivity index (χ0n) is 13.5. The first kappa shape index (κ1) is 16.9. The van der Waals surface area contributed by atoms with Crippen LogP contribution in [0, 0.1) is 29.3 Å². The van der Waals surface area contributed by atoms with Crippen LogP contribution >= 0.6 is 0 Å². The van der Waals surface area contributed by atoms with Gasteiger partial charge in [-0.2, -0.15) is 0 Å². The van der Waals surface area contributed by atoms with Crippen molar-refractivity contribution >= 4 is 10.8 Å². The molecule has 0 saturated carbocycles. The average Bonchev–Trinajstić information content (AvgIpc) is 2.62. The van der Waals surface area contributed by atoms with E-state index in [-0.39, 0.29) is 11.2 Å². The Hall–Kier alpha value is -2.99. The van der Waals surface area contributed by atoms with Gasteiger partial charge < -0.3 is 0 Å². The molecule has 0 unspecified atom stereocenters. The second-order valence-corrected chi connectivity index (χ2v) is 5.69. The Morgan fingerprint density at radius 2 is 1.72 bits per heavy atom. The summed E-state index contributed by atoms with van der Waals surface area (Å²) in [7, 11) is 0. The summed E-state index contributed by atoms with van der Waals surface area (Å²) in [6, 6.07) is 12.3. The largest absolute Gasteiger partial charge is 0.206 e. The molecule has 0 saturated heterocycles. The van der Waals surface area contributed by atoms with Crippen LogP contribution in [0.3, 0.4) is 0 Å². The van der Waals surface area contributed by atoms with Gasteiger partial charge in [0, 0.05) is 10.9 Å². The number of rotatable bonds is 3. The number of hydrogen-bond donors (Lipinski definition) is 0. The van der Waals surface area contributed by atoms with Crippen molar-refractivity contribution < 1.29 is 13.2 Å². The van der Waals surface area contributed by atoms with Gasteiger partial charge in [-0.05, 0) is 54.1 Å². The van der Waals surface area contributed by atoms with Gasteiger partial charge >= 0.3 is 0 Å². The maximum Gasteiger partial charge on any atom is 0.166 e. The van der Waals surface area contributed by atoms with Crippen molar-refractivity contribution in [2.75, 3.05) is 0 Å². The van der Waals surface area contributed by atoms with Gasteiger partial charge in [-0.25, -0.2) is 13.2 Å². The highest BCUT2D eigenvalue weighted by molar-refractivity contribution is 5.84. The third kappa shape index (κ3) is 3.75. The minimum absolute atomic E-state index is 0.198. The summed E-state index contributed by atoms with van der Waals surface area (Å²) in [5, 5.41) is 0.745. The molecule has 124 valence electrons. The van der Waals surface area contributed by atoms with E-state index in [1.165, 1.54) is 18.2 Å². The van der Waals surface area contributed by atoms with Crippen LogP contribution in [0.4, 0.5) is 13.2 Å². The van der Waals surface area contributed by atoms with E-state index in [1.807, 2.05) is 6.07 Å². The van der Waals surface area contributed by atoms with E-state index in [1.54, 1.807) is 24.3 Å². The Balaban J connectivity index is 1.89. The second kappa shape index (κ2) is 7.27. The molecule has 3 aromatic carbocycles. The summed E-state index contributed by atoms with van der Waals surface area (Å²) in [5.41, 5.74) is 1.80. The van der Waals surface area contributed by atoms with E-state index in [0.29, 0.717) is 16.5 Å². The standard InChI is InChI=1S/C22H15F3/c1-2-3-4-15-5-8-17(21(24)14-15)9-6-16-7-11-19-18(13-16)10-12-20(23)22(19)25/h2,5,7-8,10-14H,1,3-4H2. The fraction of sp³-hybridized carbons (Fsp3) is 0.0909. The van der Waals surface area contributed by atoms with E-state index >= 15 is 0 Å². The van der Waals surface area contributed by atoms with Gasteiger partial charge in [-0.1, -0.05) is 36.1 Å². The first-order chi connectivity index (χ1) is 12.1. The highest BCUT2D eigenvalue weighted by Gasteiger charge is 2.07. The van der Waals surface area contributed by atoms with Gasteiger partial charge in [0.15, 0.2) is 11.6 Å². The van der Waals surface area contributed by atoms with Crippen LogP contribution in [0.1, 0.15) is 23.1 Å². The second-order valence-electron chi connectivity index (χ2n) is 5.69. The summed E-state index contributed by atoms with van der Waals surface area (Å²) in [6.45, 7) is 3.65. The Bertz CT molecular complexity index is 1010. The molecule has 0 radical (unpaired) electrons. The van der Waals surface area contributed by atoms with Crippen molar-refractivity contribution in [2.24, 2.45) is 0 Å². The number of benzene rings is 3. The van der Waals surface area contributed by atoms with Crippen molar-refractivity contribution in [3.05, 3.63) is 95.3 Å². The van der Waals surface area contributed by atoms with E-state index in [2.05, 4.69) is 18.4 Å². The zero-order chi connectivity index (χ0) is 17.8. The van der Waals surface area contributed by atoms with E-state index in [4.69, 9.17) is 0 Å². The zero-order valence-corrected chi connectivity index (χ0v) is 13.5. The Kier molecular flexibility index (Phi) is 4.90. The summed E-state index contributed by atoms with van der Waals surface area (Å²) in [4.78, 5) is 0. The van der Waals surface area contributed by atoms with Crippen LogP contribution in [0.2, 0.25) is 0 Å². The van der Waals surface area contributed by atoms with Crippen LogP contribution in [0.15, 0.2) is 61.2 Å². The molecule has 3 rings (SSSR count). The third-order valence-corrected chi connectivity index (χ3v) is 3.92. The Labute approximate surface area is 144 Å². The highest BCUT2D eigenvalue weighted by Crippen LogP contribution is 2.21. The first-order valence-electron chi connectivity index (χ1n) is 7.87. The quantitative estimate of drug-likeness (QED) is 0.420. The van der Waals surface area contributed by atoms with Crippen LogP contribution < -0.4 is 0 Å². The van der Waals surface area contributed by atoms with Crippen molar-refractivity contribution in [2.45, 2.75) is 12.8 Å². The number of halogens is 3. The molecule has 0 spiro atoms. The van der Waals surface area contributed by atoms with Gasteiger partial charge in [0.1, 0.15) is 5.82 Å². The molecule has 0 fully saturated rings. The predicted octanol–water partition coefficient (Wildman–Crippen LogP) is 5.78. The summed E-state index contributed by atoms with van der Waals surface area (Å²) >= 11 is 0. The highest BCUT2D eigenvalue weighted by atomic mass is 19.2. The number of fused-ring (bicyclic) bond motifs is 1. The summed E-state index contributed by atoms with van der Waals surface area (Å²) < 4.78 is 41.0. The number of hydrogen-bond acceptors (Lipinski definition) is 0. The normalized spacial score (nSPS) is 10.4. The van der Waals surface area contributed by atoms with Crippen molar-refractivity contribution in [1.82, 2.24) is 0 Å². The molecule has 0 aliphatic rings. The molecule has 0 atom stereocenters. The number of allylic oxidation sites excluding steroid dienone is 1. The van der Waals surface area contributed by atoms with E-state index < -0.39 is 11.6 Å². The van der Waals surface area contributed by atoms with Crippen LogP contribution in [-0.2, 0) is 6.42 Å². The van der Waals surface area contributed by atoms with E-state index in [0.717, 1.165) is 24.5 Å². The molecule has 0 N–H and O–H groups in total. The van der Waals surface area contributed by atoms with Gasteiger partial charge in [-0.3, -0.25) is 0 Å². The molecular weight excluding hydrogens is 321 g/mol. The topological polar surface area (TPSA) is 0 Å². The van der Waals surface area contributed by atoms with Crippen molar-refractivity contribution in [1.29, 1.82) is 0 Å². The minimum atomic E-state index is -0.884. The fourth-order valence-electron chi connectivity index (χ4n) is 2.57. The lowest BCUT2D eigenvalue weighted by Gasteiger charge is -2.02. The molecule has 0 aliphatic heterocycles. The molecule has 0 heterocycles. The van der Waals surface area contributed by atoms with Gasteiger partial charge in [0.2, 0.25) is 0 Å². The van der Waals surface area contributed by atoms with Crippen molar-refractivity contribution in [3.8, 4) is 11.8 Å². The SMILES string of the molecule is C=CCCc1ccc(C#Cc2ccc3c(F)c(F)ccc3c2)c(F)c1. The van der Waals surface area contributed by atoms with E-state index in [9.17, 15) is 13.2 Å². The number of aryl methyl sites for hydroxylation is 1. The molecule has 0 amide bonds. The lowest BCUT2D eigenvalue weighted by atomic mass is 10.0. The maximum absolute atomic E-state index is 14.1. The maximum atomic E-state index is 14.1. The molecular formula is C22H15F3. The van der Waals surface area contributed by atoms with Gasteiger partial charge in [0.25, 0.3) is 0 Å². The average molecular weight is 336 g/mol. The monoisotopic (exact) mass is 336 g/mol. The first-order valence-corrected chi connectivity index (χ1v) is 7.87. The smallest absolute Gasteiger partial charge is 0.166 e. The molecule has 0 nitrogen and oxygen atoms in total. The lowest BCUT2D eigenvalue weighted by Crippen LogP contribution is -1.89. The Morgan fingerprint density at radius 1 is 0.880 bits per heavy atom. The third-order valence-electron chi connectivity index (χ3n) is 3.92. The molecule has 0 aliphatic carbocycles. The minimum Gasteiger partial charge on any atom is -0.206 e. The molecule has 0 aromatic heterocycles. The van der Waals surface area contributed by atoms with Crippen LogP contribution in [0.5, 0.6) is 0 Å². The van der Waals surface area contributed by atoms with Crippen molar-refractivity contribution in [3.63, 3.8) is 0 Å². The van der Waals surface area contributed by atoms with Gasteiger partial charge in [-0.15, -0.1) is 6.58 Å². The van der Waals surface area contributed by atoms with Crippen LogP contribution in [-0.4, -0.2) is 0 Å². The summed E-state index contributed by atoms with van der Waals surface area (Å²) in [6.07, 6.45) is 3.32. The van der Waals surface area contributed by atoms with Crippen LogP contribution in [0.25, 0.3) is 10.8 Å². The summed E-state index contributed by atoms with van der Waals surface area (Å²) in [5.74, 6) is 3.53. The lowest BCUT2D eigenvalue weighted by molar-refractivity contribution is 0.517. The molecule has 3 heteroatoms. The van der Waals surface area contributed by atoms with Gasteiger partial charge in [0.05, 0.1) is 5.56 Å². The predicted molar refractivity (Wildman–Crippen MR) is 94.8 cm³/mol.